The van der Waals surface area contributed by atoms with E-state index in [9.17, 15) is 18.0 Å². The minimum Gasteiger partial charge on any atom is -0.448 e. The lowest BCUT2D eigenvalue weighted by Crippen LogP contribution is -2.40. The maximum atomic E-state index is 14.1. The summed E-state index contributed by atoms with van der Waals surface area (Å²) >= 11 is 7.46. The van der Waals surface area contributed by atoms with Gasteiger partial charge < -0.3 is 14.5 Å². The lowest BCUT2D eigenvalue weighted by molar-refractivity contribution is -0.144. The number of aryl methyl sites for hydroxylation is 1. The molecule has 7 rings (SSSR count). The zero-order valence-electron chi connectivity index (χ0n) is 28.1. The van der Waals surface area contributed by atoms with Crippen LogP contribution in [0.1, 0.15) is 34.5 Å². The van der Waals surface area contributed by atoms with E-state index >= 15 is 0 Å². The van der Waals surface area contributed by atoms with Gasteiger partial charge in [-0.05, 0) is 42.3 Å². The average molecular weight is 756 g/mol. The van der Waals surface area contributed by atoms with Gasteiger partial charge in [-0.2, -0.15) is 4.31 Å². The Bertz CT molecular complexity index is 2360. The highest BCUT2D eigenvalue weighted by Gasteiger charge is 2.30. The molecule has 52 heavy (non-hydrogen) atoms. The van der Waals surface area contributed by atoms with Crippen LogP contribution in [0.15, 0.2) is 113 Å². The van der Waals surface area contributed by atoms with Crippen LogP contribution in [0.3, 0.4) is 0 Å². The Morgan fingerprint density at radius 2 is 1.73 bits per heavy atom. The summed E-state index contributed by atoms with van der Waals surface area (Å²) < 4.78 is 41.4. The van der Waals surface area contributed by atoms with Crippen LogP contribution in [0.25, 0.3) is 28.0 Å². The minimum absolute atomic E-state index is 0.114. The van der Waals surface area contributed by atoms with Gasteiger partial charge in [-0.25, -0.2) is 8.42 Å². The average Bonchev–Trinajstić information content (AvgIpc) is 3.82. The number of morpholine rings is 1. The number of nitrogens with one attached hydrogen (secondary N) is 1. The van der Waals surface area contributed by atoms with E-state index in [2.05, 4.69) is 15.2 Å². The second-order valence-electron chi connectivity index (χ2n) is 12.0. The molecule has 1 saturated heterocycles. The number of hydrogen-bond donors (Lipinski definition) is 1. The first kappa shape index (κ1) is 35.6. The molecule has 1 N–H and O–H groups in total. The van der Waals surface area contributed by atoms with Crippen molar-refractivity contribution < 1.29 is 27.5 Å². The first-order chi connectivity index (χ1) is 25.2. The van der Waals surface area contributed by atoms with Gasteiger partial charge in [0.15, 0.2) is 17.1 Å². The predicted octanol–water partition coefficient (Wildman–Crippen LogP) is 6.91. The Balaban J connectivity index is 1.17. The summed E-state index contributed by atoms with van der Waals surface area (Å²) in [5.41, 5.74) is 4.03. The summed E-state index contributed by atoms with van der Waals surface area (Å²) in [5, 5.41) is 10.4. The molecule has 1 unspecified atom stereocenters. The van der Waals surface area contributed by atoms with E-state index < -0.39 is 22.1 Å². The maximum absolute atomic E-state index is 14.1. The smallest absolute Gasteiger partial charge is 0.317 e. The van der Waals surface area contributed by atoms with Crippen LogP contribution in [-0.2, 0) is 30.7 Å². The number of thioether (sulfide) groups is 1. The largest absolute Gasteiger partial charge is 0.448 e. The highest BCUT2D eigenvalue weighted by Crippen LogP contribution is 2.33. The van der Waals surface area contributed by atoms with Gasteiger partial charge in [0.2, 0.25) is 15.8 Å². The third-order valence-electron chi connectivity index (χ3n) is 8.76. The SMILES string of the molecule is CCc1cccc2c(C(=O)C(OC(=O)CSc3nnc(-c4cccc(S(=O)(=O)N5CCOCC5)c4)n3-c3cccc(Cl)c3)c3ccccc3)c[nH]c12. The Morgan fingerprint density at radius 1 is 0.962 bits per heavy atom. The number of halogens is 1. The molecular formula is C38H34ClN5O6S2. The number of aromatic nitrogens is 4. The third-order valence-corrected chi connectivity index (χ3v) is 11.8. The molecule has 11 nitrogen and oxygen atoms in total. The highest BCUT2D eigenvalue weighted by molar-refractivity contribution is 7.99. The van der Waals surface area contributed by atoms with Crippen LogP contribution in [0.2, 0.25) is 5.02 Å². The Morgan fingerprint density at radius 3 is 2.50 bits per heavy atom. The van der Waals surface area contributed by atoms with Crippen molar-refractivity contribution in [3.63, 3.8) is 0 Å². The number of aromatic amines is 1. The number of Topliss-reactive ketones (excluding diaryl/α,β-unsaturated/α-hetero) is 1. The summed E-state index contributed by atoms with van der Waals surface area (Å²) in [7, 11) is -3.79. The number of hydrogen-bond acceptors (Lipinski definition) is 9. The van der Waals surface area contributed by atoms with Crippen molar-refractivity contribution in [2.45, 2.75) is 29.5 Å². The molecule has 1 aliphatic rings. The molecule has 1 aliphatic heterocycles. The molecule has 0 radical (unpaired) electrons. The lowest BCUT2D eigenvalue weighted by Gasteiger charge is -2.26. The van der Waals surface area contributed by atoms with Gasteiger partial charge in [0, 0.05) is 51.9 Å². The quantitative estimate of drug-likeness (QED) is 0.0803. The van der Waals surface area contributed by atoms with Gasteiger partial charge in [-0.15, -0.1) is 10.2 Å². The second kappa shape index (κ2) is 15.4. The van der Waals surface area contributed by atoms with Gasteiger partial charge in [0.1, 0.15) is 0 Å². The third kappa shape index (κ3) is 7.28. The topological polar surface area (TPSA) is 136 Å². The van der Waals surface area contributed by atoms with E-state index in [1.807, 2.05) is 37.3 Å². The van der Waals surface area contributed by atoms with E-state index in [-0.39, 0.29) is 29.5 Å². The number of ether oxygens (including phenoxy) is 2. The molecule has 0 bridgehead atoms. The van der Waals surface area contributed by atoms with Crippen molar-refractivity contribution in [3.8, 4) is 17.1 Å². The number of rotatable bonds is 12. The highest BCUT2D eigenvalue weighted by atomic mass is 35.5. The first-order valence-corrected chi connectivity index (χ1v) is 19.4. The standard InChI is InChI=1S/C38H34ClN5O6S2/c1-2-25-11-7-16-31-32(23-40-34(25)31)35(46)36(26-9-4-3-5-10-26)50-33(45)24-51-38-42-41-37(44(38)29-14-8-13-28(39)22-29)27-12-6-15-30(21-27)52(47,48)43-17-19-49-20-18-43/h3-16,21-23,36,40H,2,17-20,24H2,1H3. The number of sulfonamides is 1. The fraction of sp³-hybridized carbons (Fsp3) is 0.211. The summed E-state index contributed by atoms with van der Waals surface area (Å²) in [6, 6.07) is 28.3. The van der Waals surface area contributed by atoms with Crippen molar-refractivity contribution >= 4 is 56.0 Å². The Labute approximate surface area is 310 Å². The number of H-pyrrole nitrogens is 1. The van der Waals surface area contributed by atoms with Crippen LogP contribution in [-0.4, -0.2) is 76.3 Å². The molecule has 3 heterocycles. The zero-order valence-corrected chi connectivity index (χ0v) is 30.5. The van der Waals surface area contributed by atoms with Gasteiger partial charge in [0.25, 0.3) is 0 Å². The molecule has 2 aromatic heterocycles. The summed E-state index contributed by atoms with van der Waals surface area (Å²) in [5.74, 6) is -0.836. The molecule has 266 valence electrons. The fourth-order valence-corrected chi connectivity index (χ4v) is 8.55. The van der Waals surface area contributed by atoms with Crippen LogP contribution in [0.4, 0.5) is 0 Å². The van der Waals surface area contributed by atoms with Gasteiger partial charge >= 0.3 is 5.97 Å². The Hall–Kier alpha value is -4.79. The Kier molecular flexibility index (Phi) is 10.6. The molecule has 0 saturated carbocycles. The van der Waals surface area contributed by atoms with Crippen LogP contribution in [0.5, 0.6) is 0 Å². The van der Waals surface area contributed by atoms with Crippen molar-refractivity contribution in [1.29, 1.82) is 0 Å². The fourth-order valence-electron chi connectivity index (χ4n) is 6.18. The van der Waals surface area contributed by atoms with Crippen molar-refractivity contribution in [2.24, 2.45) is 0 Å². The minimum atomic E-state index is -3.79. The first-order valence-electron chi connectivity index (χ1n) is 16.6. The van der Waals surface area contributed by atoms with Crippen LogP contribution in [0, 0.1) is 0 Å². The molecule has 0 spiro atoms. The number of nitrogens with zero attached hydrogens (tertiary/aromatic N) is 4. The van der Waals surface area contributed by atoms with Crippen molar-refractivity contribution in [1.82, 2.24) is 24.1 Å². The van der Waals surface area contributed by atoms with Gasteiger partial charge in [-0.3, -0.25) is 14.2 Å². The molecule has 0 aliphatic carbocycles. The van der Waals surface area contributed by atoms with E-state index in [1.54, 1.807) is 77.5 Å². The molecule has 1 atom stereocenters. The van der Waals surface area contributed by atoms with Crippen molar-refractivity contribution in [3.05, 3.63) is 125 Å². The normalized spacial score (nSPS) is 14.3. The molecule has 14 heteroatoms. The van der Waals surface area contributed by atoms with Gasteiger partial charge in [-0.1, -0.05) is 97.0 Å². The van der Waals surface area contributed by atoms with E-state index in [0.29, 0.717) is 51.6 Å². The molecule has 6 aromatic rings. The van der Waals surface area contributed by atoms with E-state index in [0.717, 1.165) is 34.6 Å². The monoisotopic (exact) mass is 755 g/mol. The molecule has 1 fully saturated rings. The molecule has 0 amide bonds. The number of carbonyl (C=O) groups is 2. The number of ketones is 1. The van der Waals surface area contributed by atoms with Crippen molar-refractivity contribution in [2.75, 3.05) is 32.1 Å². The predicted molar refractivity (Wildman–Crippen MR) is 199 cm³/mol. The van der Waals surface area contributed by atoms with Gasteiger partial charge in [0.05, 0.1) is 29.5 Å². The van der Waals surface area contributed by atoms with Crippen LogP contribution < -0.4 is 0 Å². The van der Waals surface area contributed by atoms with E-state index in [4.69, 9.17) is 21.1 Å². The zero-order chi connectivity index (χ0) is 36.2. The number of benzene rings is 4. The summed E-state index contributed by atoms with van der Waals surface area (Å²) in [6.45, 7) is 3.23. The summed E-state index contributed by atoms with van der Waals surface area (Å²) in [6.07, 6.45) is 1.28. The number of esters is 1. The summed E-state index contributed by atoms with van der Waals surface area (Å²) in [4.78, 5) is 31.0. The second-order valence-corrected chi connectivity index (χ2v) is 15.3. The lowest BCUT2D eigenvalue weighted by atomic mass is 9.98. The van der Waals surface area contributed by atoms with Crippen LogP contribution >= 0.6 is 23.4 Å². The molecular weight excluding hydrogens is 722 g/mol. The van der Waals surface area contributed by atoms with E-state index in [1.165, 1.54) is 4.31 Å². The molecule has 4 aromatic carbocycles. The maximum Gasteiger partial charge on any atom is 0.317 e. The number of para-hydroxylation sites is 1. The number of fused-ring (bicyclic) bond motifs is 1. The number of carbonyl (C=O) groups excluding carboxylic acids is 2.